The third kappa shape index (κ3) is 7.30. The van der Waals surface area contributed by atoms with E-state index < -0.39 is 27.5 Å². The highest BCUT2D eigenvalue weighted by Gasteiger charge is 2.40. The molecule has 2 atom stereocenters. The molecule has 4 heterocycles. The summed E-state index contributed by atoms with van der Waals surface area (Å²) in [6.45, 7) is 14.5. The van der Waals surface area contributed by atoms with Gasteiger partial charge in [0.25, 0.3) is 0 Å². The van der Waals surface area contributed by atoms with Gasteiger partial charge in [-0.3, -0.25) is 9.48 Å². The van der Waals surface area contributed by atoms with Gasteiger partial charge >= 0.3 is 5.97 Å². The SMILES string of the molecule is Cc1ccc(C(OCc2cn(CC3CC[N+]4(CCOCC4)CC3)nn2)C(C)(C)C(=O)O)cc1CN1C[C@@H](C)Oc2ccccc2S1(=O)=O. The standard InChI is InChI=1S/C35H47N5O7S/c1-25-9-10-28(19-29(25)22-39-20-26(2)47-31-7-5-6-8-32(31)48(39,43)44)33(35(3,4)34(41)42)46-24-30-23-38(37-36-30)21-27-11-13-40(14-12-27)15-17-45-18-16-40/h5-10,19,23,26-27,33H,11-18,20-22,24H2,1-4H3/p+1/t26-,33?/m1/s1. The topological polar surface area (TPSA) is 133 Å². The van der Waals surface area contributed by atoms with Crippen LogP contribution in [0.15, 0.2) is 53.6 Å². The van der Waals surface area contributed by atoms with Crippen molar-refractivity contribution in [1.29, 1.82) is 0 Å². The molecule has 0 saturated carbocycles. The van der Waals surface area contributed by atoms with E-state index in [1.54, 1.807) is 38.1 Å². The van der Waals surface area contributed by atoms with Gasteiger partial charge in [-0.2, -0.15) is 4.31 Å². The van der Waals surface area contributed by atoms with E-state index in [2.05, 4.69) is 10.3 Å². The van der Waals surface area contributed by atoms with Crippen molar-refractivity contribution in [3.63, 3.8) is 0 Å². The van der Waals surface area contributed by atoms with Gasteiger partial charge in [0.1, 0.15) is 35.5 Å². The highest BCUT2D eigenvalue weighted by molar-refractivity contribution is 7.89. The van der Waals surface area contributed by atoms with Crippen LogP contribution in [0.25, 0.3) is 0 Å². The number of nitrogens with zero attached hydrogens (tertiary/aromatic N) is 5. The Morgan fingerprint density at radius 1 is 1.12 bits per heavy atom. The second-order valence-corrected chi connectivity index (χ2v) is 16.2. The van der Waals surface area contributed by atoms with Crippen LogP contribution >= 0.6 is 0 Å². The van der Waals surface area contributed by atoms with Gasteiger partial charge in [0.15, 0.2) is 0 Å². The number of quaternary nitrogens is 1. The predicted molar refractivity (Wildman–Crippen MR) is 178 cm³/mol. The molecular weight excluding hydrogens is 634 g/mol. The number of benzene rings is 2. The Kier molecular flexibility index (Phi) is 9.97. The fraction of sp³-hybridized carbons (Fsp3) is 0.571. The molecule has 260 valence electrons. The summed E-state index contributed by atoms with van der Waals surface area (Å²) in [5.74, 6) is -0.130. The lowest BCUT2D eigenvalue weighted by Gasteiger charge is -2.45. The number of carboxylic acids is 1. The summed E-state index contributed by atoms with van der Waals surface area (Å²) in [4.78, 5) is 12.6. The summed E-state index contributed by atoms with van der Waals surface area (Å²) in [5.41, 5.74) is 1.63. The molecule has 6 rings (SSSR count). The Bertz CT molecular complexity index is 1710. The highest BCUT2D eigenvalue weighted by atomic mass is 32.2. The molecule has 0 radical (unpaired) electrons. The van der Waals surface area contributed by atoms with Crippen LogP contribution in [0.1, 0.15) is 62.1 Å². The number of aliphatic carboxylic acids is 1. The lowest BCUT2D eigenvalue weighted by molar-refractivity contribution is -0.940. The molecule has 2 aromatic carbocycles. The van der Waals surface area contributed by atoms with E-state index in [-0.39, 0.29) is 30.7 Å². The molecule has 0 amide bonds. The van der Waals surface area contributed by atoms with Gasteiger partial charge in [-0.1, -0.05) is 35.5 Å². The molecule has 2 fully saturated rings. The van der Waals surface area contributed by atoms with Crippen LogP contribution in [0.5, 0.6) is 5.75 Å². The molecule has 3 aliphatic rings. The minimum Gasteiger partial charge on any atom is -0.488 e. The number of aromatic nitrogens is 3. The van der Waals surface area contributed by atoms with Crippen molar-refractivity contribution in [3.8, 4) is 5.75 Å². The van der Waals surface area contributed by atoms with E-state index in [1.807, 2.05) is 42.9 Å². The van der Waals surface area contributed by atoms with Crippen molar-refractivity contribution >= 4 is 16.0 Å². The summed E-state index contributed by atoms with van der Waals surface area (Å²) in [6, 6.07) is 12.3. The molecule has 12 nitrogen and oxygen atoms in total. The smallest absolute Gasteiger partial charge is 0.312 e. The number of ether oxygens (including phenoxy) is 3. The lowest BCUT2D eigenvalue weighted by atomic mass is 9.81. The Hall–Kier alpha value is -3.36. The second-order valence-electron chi connectivity index (χ2n) is 14.3. The minimum atomic E-state index is -3.84. The molecule has 0 bridgehead atoms. The molecular formula is C35H48N5O7S+. The number of morpholine rings is 1. The molecule has 0 aliphatic carbocycles. The van der Waals surface area contributed by atoms with Gasteiger partial charge in [-0.15, -0.1) is 5.10 Å². The number of aryl methyl sites for hydroxylation is 1. The lowest BCUT2D eigenvalue weighted by Crippen LogP contribution is -2.58. The zero-order chi connectivity index (χ0) is 34.1. The number of hydrogen-bond acceptors (Lipinski definition) is 8. The largest absolute Gasteiger partial charge is 0.488 e. The number of piperidine rings is 1. The van der Waals surface area contributed by atoms with Gasteiger partial charge in [-0.25, -0.2) is 8.42 Å². The molecule has 3 aromatic rings. The Balaban J connectivity index is 1.16. The third-order valence-electron chi connectivity index (χ3n) is 10.4. The predicted octanol–water partition coefficient (Wildman–Crippen LogP) is 4.18. The number of para-hydroxylation sites is 1. The van der Waals surface area contributed by atoms with Gasteiger partial charge in [-0.05, 0) is 62.4 Å². The zero-order valence-corrected chi connectivity index (χ0v) is 29.2. The van der Waals surface area contributed by atoms with E-state index in [0.717, 1.165) is 56.8 Å². The molecule has 1 spiro atoms. The summed E-state index contributed by atoms with van der Waals surface area (Å²) in [7, 11) is -3.84. The fourth-order valence-electron chi connectivity index (χ4n) is 7.19. The summed E-state index contributed by atoms with van der Waals surface area (Å²) < 4.78 is 49.8. The van der Waals surface area contributed by atoms with Crippen LogP contribution in [-0.4, -0.2) is 95.3 Å². The number of carboxylic acid groups (broad SMARTS) is 1. The maximum Gasteiger partial charge on any atom is 0.312 e. The molecule has 3 aliphatic heterocycles. The minimum absolute atomic E-state index is 0.0847. The highest BCUT2D eigenvalue weighted by Crippen LogP contribution is 2.39. The second kappa shape index (κ2) is 13.9. The summed E-state index contributed by atoms with van der Waals surface area (Å²) >= 11 is 0. The Morgan fingerprint density at radius 2 is 1.85 bits per heavy atom. The molecule has 2 saturated heterocycles. The Labute approximate surface area is 283 Å². The van der Waals surface area contributed by atoms with E-state index >= 15 is 0 Å². The number of carbonyl (C=O) groups is 1. The number of hydrogen-bond donors (Lipinski definition) is 1. The maximum atomic E-state index is 13.7. The van der Waals surface area contributed by atoms with Crippen LogP contribution in [0.2, 0.25) is 0 Å². The van der Waals surface area contributed by atoms with Crippen LogP contribution < -0.4 is 4.74 Å². The van der Waals surface area contributed by atoms with Gasteiger partial charge < -0.3 is 23.8 Å². The van der Waals surface area contributed by atoms with Gasteiger partial charge in [0.2, 0.25) is 10.0 Å². The Morgan fingerprint density at radius 3 is 2.58 bits per heavy atom. The number of sulfonamides is 1. The van der Waals surface area contributed by atoms with E-state index in [0.29, 0.717) is 22.9 Å². The molecule has 1 unspecified atom stereocenters. The quantitative estimate of drug-likeness (QED) is 0.313. The van der Waals surface area contributed by atoms with Crippen molar-refractivity contribution < 1.29 is 37.0 Å². The summed E-state index contributed by atoms with van der Waals surface area (Å²) in [5, 5.41) is 19.0. The fourth-order valence-corrected chi connectivity index (χ4v) is 8.81. The van der Waals surface area contributed by atoms with E-state index in [4.69, 9.17) is 14.2 Å². The average molecular weight is 683 g/mol. The first-order valence-corrected chi connectivity index (χ1v) is 18.3. The normalized spacial score (nSPS) is 22.0. The van der Waals surface area contributed by atoms with Crippen molar-refractivity contribution in [1.82, 2.24) is 19.3 Å². The number of fused-ring (bicyclic) bond motifs is 1. The first-order valence-electron chi connectivity index (χ1n) is 16.9. The van der Waals surface area contributed by atoms with Gasteiger partial charge in [0.05, 0.1) is 57.2 Å². The van der Waals surface area contributed by atoms with Crippen LogP contribution in [0.3, 0.4) is 0 Å². The van der Waals surface area contributed by atoms with Crippen molar-refractivity contribution in [3.05, 3.63) is 71.0 Å². The van der Waals surface area contributed by atoms with Crippen LogP contribution in [0, 0.1) is 18.3 Å². The van der Waals surface area contributed by atoms with Gasteiger partial charge in [0, 0.05) is 25.9 Å². The van der Waals surface area contributed by atoms with Crippen LogP contribution in [0.4, 0.5) is 0 Å². The maximum absolute atomic E-state index is 13.7. The third-order valence-corrected chi connectivity index (χ3v) is 12.2. The first-order chi connectivity index (χ1) is 22.9. The molecule has 48 heavy (non-hydrogen) atoms. The molecule has 1 aromatic heterocycles. The van der Waals surface area contributed by atoms with Crippen LogP contribution in [-0.2, 0) is 44.0 Å². The molecule has 1 N–H and O–H groups in total. The molecule has 13 heteroatoms. The van der Waals surface area contributed by atoms with E-state index in [9.17, 15) is 18.3 Å². The monoisotopic (exact) mass is 682 g/mol. The number of rotatable bonds is 10. The zero-order valence-electron chi connectivity index (χ0n) is 28.4. The van der Waals surface area contributed by atoms with Crippen molar-refractivity contribution in [2.24, 2.45) is 11.3 Å². The van der Waals surface area contributed by atoms with Crippen molar-refractivity contribution in [2.45, 2.75) is 77.3 Å². The average Bonchev–Trinajstić information content (AvgIpc) is 3.47. The van der Waals surface area contributed by atoms with E-state index in [1.165, 1.54) is 21.9 Å². The first kappa shape index (κ1) is 34.5. The summed E-state index contributed by atoms with van der Waals surface area (Å²) in [6.07, 6.45) is 2.99. The van der Waals surface area contributed by atoms with Crippen molar-refractivity contribution in [2.75, 3.05) is 45.9 Å².